The van der Waals surface area contributed by atoms with E-state index in [2.05, 4.69) is 36.9 Å². The SMILES string of the molecule is CCN(CC1CCN(S(C)(=O)=O)CC1)C(C)Cc1ccc2c(c1)CCC2. The largest absolute Gasteiger partial charge is 0.300 e. The number of rotatable bonds is 7. The molecule has 1 fully saturated rings. The van der Waals surface area contributed by atoms with Gasteiger partial charge in [0.2, 0.25) is 10.0 Å². The molecule has 0 spiro atoms. The average molecular weight is 379 g/mol. The molecule has 3 rings (SSSR count). The molecule has 0 bridgehead atoms. The van der Waals surface area contributed by atoms with E-state index in [0.717, 1.165) is 32.4 Å². The van der Waals surface area contributed by atoms with Gasteiger partial charge in [-0.1, -0.05) is 25.1 Å². The summed E-state index contributed by atoms with van der Waals surface area (Å²) >= 11 is 0. The third-order valence-electron chi connectivity index (χ3n) is 6.26. The molecule has 1 aromatic carbocycles. The molecule has 0 amide bonds. The minimum Gasteiger partial charge on any atom is -0.300 e. The molecule has 1 unspecified atom stereocenters. The standard InChI is InChI=1S/C21H34N2O2S/c1-4-22(16-18-10-12-23(13-11-18)26(3,24)25)17(2)14-19-8-9-20-6-5-7-21(20)15-19/h8-9,15,17-18H,4-7,10-14,16H2,1-3H3. The fourth-order valence-electron chi connectivity index (χ4n) is 4.60. The smallest absolute Gasteiger partial charge is 0.211 e. The molecular weight excluding hydrogens is 344 g/mol. The van der Waals surface area contributed by atoms with Crippen LogP contribution in [-0.4, -0.2) is 56.1 Å². The number of fused-ring (bicyclic) bond motifs is 1. The van der Waals surface area contributed by atoms with Gasteiger partial charge in [-0.05, 0) is 74.6 Å². The van der Waals surface area contributed by atoms with E-state index in [4.69, 9.17) is 0 Å². The second kappa shape index (κ2) is 8.41. The lowest BCUT2D eigenvalue weighted by Gasteiger charge is -2.36. The zero-order valence-electron chi connectivity index (χ0n) is 16.6. The van der Waals surface area contributed by atoms with Gasteiger partial charge in [-0.15, -0.1) is 0 Å². The molecule has 0 aromatic heterocycles. The Morgan fingerprint density at radius 3 is 2.54 bits per heavy atom. The summed E-state index contributed by atoms with van der Waals surface area (Å²) in [5, 5.41) is 0. The number of nitrogens with zero attached hydrogens (tertiary/aromatic N) is 2. The van der Waals surface area contributed by atoms with Crippen LogP contribution in [0.1, 0.15) is 49.8 Å². The molecule has 1 atom stereocenters. The molecule has 1 aromatic rings. The van der Waals surface area contributed by atoms with E-state index in [1.54, 1.807) is 15.4 Å². The van der Waals surface area contributed by atoms with Gasteiger partial charge < -0.3 is 4.90 Å². The number of piperidine rings is 1. The van der Waals surface area contributed by atoms with Gasteiger partial charge in [0.1, 0.15) is 0 Å². The highest BCUT2D eigenvalue weighted by molar-refractivity contribution is 7.88. The number of aryl methyl sites for hydroxylation is 2. The maximum Gasteiger partial charge on any atom is 0.211 e. The van der Waals surface area contributed by atoms with Gasteiger partial charge >= 0.3 is 0 Å². The average Bonchev–Trinajstić information content (AvgIpc) is 3.07. The number of benzene rings is 1. The van der Waals surface area contributed by atoms with E-state index in [1.807, 2.05) is 0 Å². The molecule has 1 aliphatic carbocycles. The molecule has 2 aliphatic rings. The number of hydrogen-bond donors (Lipinski definition) is 0. The van der Waals surface area contributed by atoms with Crippen molar-refractivity contribution in [3.8, 4) is 0 Å². The molecule has 1 heterocycles. The van der Waals surface area contributed by atoms with Crippen LogP contribution in [0, 0.1) is 5.92 Å². The molecular formula is C21H34N2O2S. The van der Waals surface area contributed by atoms with Crippen LogP contribution in [0.3, 0.4) is 0 Å². The predicted octanol–water partition coefficient (Wildman–Crippen LogP) is 3.10. The van der Waals surface area contributed by atoms with Gasteiger partial charge in [0, 0.05) is 25.7 Å². The van der Waals surface area contributed by atoms with Crippen molar-refractivity contribution < 1.29 is 8.42 Å². The topological polar surface area (TPSA) is 40.6 Å². The molecule has 1 saturated heterocycles. The van der Waals surface area contributed by atoms with Gasteiger partial charge in [-0.2, -0.15) is 0 Å². The van der Waals surface area contributed by atoms with Gasteiger partial charge in [0.25, 0.3) is 0 Å². The number of hydrogen-bond acceptors (Lipinski definition) is 3. The Balaban J connectivity index is 1.53. The lowest BCUT2D eigenvalue weighted by atomic mass is 9.95. The third kappa shape index (κ3) is 4.87. The summed E-state index contributed by atoms with van der Waals surface area (Å²) in [6.45, 7) is 8.08. The predicted molar refractivity (Wildman–Crippen MR) is 108 cm³/mol. The van der Waals surface area contributed by atoms with Crippen LogP contribution in [0.2, 0.25) is 0 Å². The van der Waals surface area contributed by atoms with Crippen molar-refractivity contribution in [1.82, 2.24) is 9.21 Å². The quantitative estimate of drug-likeness (QED) is 0.732. The summed E-state index contributed by atoms with van der Waals surface area (Å²) in [5.74, 6) is 0.607. The minimum absolute atomic E-state index is 0.521. The van der Waals surface area contributed by atoms with Gasteiger partial charge in [0.05, 0.1) is 6.26 Å². The Morgan fingerprint density at radius 2 is 1.88 bits per heavy atom. The Kier molecular flexibility index (Phi) is 6.41. The van der Waals surface area contributed by atoms with Crippen LogP contribution in [0.25, 0.3) is 0 Å². The summed E-state index contributed by atoms with van der Waals surface area (Å²) in [5.41, 5.74) is 4.57. The van der Waals surface area contributed by atoms with Crippen LogP contribution < -0.4 is 0 Å². The molecule has 146 valence electrons. The lowest BCUT2D eigenvalue weighted by molar-refractivity contribution is 0.152. The molecule has 4 nitrogen and oxygen atoms in total. The van der Waals surface area contributed by atoms with Gasteiger partial charge in [0.15, 0.2) is 0 Å². The highest BCUT2D eigenvalue weighted by Gasteiger charge is 2.27. The lowest BCUT2D eigenvalue weighted by Crippen LogP contribution is -2.43. The Hall–Kier alpha value is -0.910. The second-order valence-electron chi connectivity index (χ2n) is 8.20. The van der Waals surface area contributed by atoms with E-state index in [1.165, 1.54) is 31.1 Å². The van der Waals surface area contributed by atoms with Gasteiger partial charge in [-0.3, -0.25) is 0 Å². The van der Waals surface area contributed by atoms with Crippen LogP contribution in [0.15, 0.2) is 18.2 Å². The van der Waals surface area contributed by atoms with Crippen molar-refractivity contribution in [2.45, 2.75) is 58.4 Å². The summed E-state index contributed by atoms with van der Waals surface area (Å²) in [4.78, 5) is 2.58. The third-order valence-corrected chi connectivity index (χ3v) is 7.56. The Morgan fingerprint density at radius 1 is 1.19 bits per heavy atom. The van der Waals surface area contributed by atoms with Crippen LogP contribution in [0.4, 0.5) is 0 Å². The van der Waals surface area contributed by atoms with Crippen LogP contribution in [0.5, 0.6) is 0 Å². The van der Waals surface area contributed by atoms with Crippen molar-refractivity contribution in [2.24, 2.45) is 5.92 Å². The normalized spacial score (nSPS) is 20.5. The summed E-state index contributed by atoms with van der Waals surface area (Å²) in [6, 6.07) is 7.60. The summed E-state index contributed by atoms with van der Waals surface area (Å²) in [7, 11) is -3.03. The summed E-state index contributed by atoms with van der Waals surface area (Å²) < 4.78 is 25.0. The van der Waals surface area contributed by atoms with Gasteiger partial charge in [-0.25, -0.2) is 12.7 Å². The van der Waals surface area contributed by atoms with Crippen molar-refractivity contribution in [2.75, 3.05) is 32.4 Å². The van der Waals surface area contributed by atoms with Crippen molar-refractivity contribution in [3.05, 3.63) is 34.9 Å². The van der Waals surface area contributed by atoms with Crippen molar-refractivity contribution in [3.63, 3.8) is 0 Å². The zero-order chi connectivity index (χ0) is 18.7. The van der Waals surface area contributed by atoms with Crippen molar-refractivity contribution >= 4 is 10.0 Å². The first kappa shape index (κ1) is 19.8. The number of sulfonamides is 1. The Bertz CT molecular complexity index is 709. The maximum absolute atomic E-state index is 11.7. The van der Waals surface area contributed by atoms with Crippen molar-refractivity contribution in [1.29, 1.82) is 0 Å². The fraction of sp³-hybridized carbons (Fsp3) is 0.714. The molecule has 1 aliphatic heterocycles. The van der Waals surface area contributed by atoms with Crippen LogP contribution >= 0.6 is 0 Å². The first-order chi connectivity index (χ1) is 12.4. The molecule has 0 radical (unpaired) electrons. The van der Waals surface area contributed by atoms with E-state index in [0.29, 0.717) is 25.0 Å². The zero-order valence-corrected chi connectivity index (χ0v) is 17.4. The number of likely N-dealkylation sites (N-methyl/N-ethyl adjacent to an activating group) is 1. The first-order valence-electron chi connectivity index (χ1n) is 10.2. The Labute approximate surface area is 159 Å². The molecule has 0 N–H and O–H groups in total. The fourth-order valence-corrected chi connectivity index (χ4v) is 5.47. The minimum atomic E-state index is -3.03. The maximum atomic E-state index is 11.7. The first-order valence-corrected chi connectivity index (χ1v) is 12.0. The second-order valence-corrected chi connectivity index (χ2v) is 10.2. The van der Waals surface area contributed by atoms with E-state index in [9.17, 15) is 8.42 Å². The van der Waals surface area contributed by atoms with E-state index < -0.39 is 10.0 Å². The van der Waals surface area contributed by atoms with E-state index in [-0.39, 0.29) is 0 Å². The molecule has 26 heavy (non-hydrogen) atoms. The summed E-state index contributed by atoms with van der Waals surface area (Å²) in [6.07, 6.45) is 8.19. The van der Waals surface area contributed by atoms with Crippen LogP contribution in [-0.2, 0) is 29.3 Å². The highest BCUT2D eigenvalue weighted by Crippen LogP contribution is 2.25. The molecule has 0 saturated carbocycles. The monoisotopic (exact) mass is 378 g/mol. The highest BCUT2D eigenvalue weighted by atomic mass is 32.2. The molecule has 5 heteroatoms. The van der Waals surface area contributed by atoms with E-state index >= 15 is 0 Å².